The fourth-order valence-electron chi connectivity index (χ4n) is 9.14. The van der Waals surface area contributed by atoms with Gasteiger partial charge in [-0.2, -0.15) is 0 Å². The number of aliphatic hydroxyl groups is 2. The largest absolute Gasteiger partial charge is 0.469 e. The number of ether oxygens (including phenoxy) is 3. The van der Waals surface area contributed by atoms with Crippen molar-refractivity contribution in [1.82, 2.24) is 0 Å². The van der Waals surface area contributed by atoms with E-state index in [1.807, 2.05) is 46.8 Å². The third-order valence-corrected chi connectivity index (χ3v) is 12.6. The summed E-state index contributed by atoms with van der Waals surface area (Å²) in [6.45, 7) is 15.7. The van der Waals surface area contributed by atoms with Gasteiger partial charge in [0.25, 0.3) is 0 Å². The van der Waals surface area contributed by atoms with Crippen molar-refractivity contribution in [3.05, 3.63) is 46.1 Å². The van der Waals surface area contributed by atoms with Gasteiger partial charge in [0.2, 0.25) is 0 Å². The molecular formula is C43H62O10. The van der Waals surface area contributed by atoms with Gasteiger partial charge in [0, 0.05) is 43.9 Å². The van der Waals surface area contributed by atoms with Crippen molar-refractivity contribution in [3.8, 4) is 0 Å². The first-order chi connectivity index (χ1) is 24.6. The molecule has 1 fully saturated rings. The van der Waals surface area contributed by atoms with Crippen LogP contribution in [-0.2, 0) is 38.2 Å². The van der Waals surface area contributed by atoms with E-state index in [0.717, 1.165) is 16.7 Å². The van der Waals surface area contributed by atoms with Gasteiger partial charge < -0.3 is 24.4 Å². The fourth-order valence-corrected chi connectivity index (χ4v) is 9.14. The second-order valence-electron chi connectivity index (χ2n) is 17.1. The second kappa shape index (κ2) is 16.7. The predicted octanol–water partition coefficient (Wildman–Crippen LogP) is 6.66. The molecule has 2 heterocycles. The van der Waals surface area contributed by atoms with E-state index >= 15 is 0 Å². The van der Waals surface area contributed by atoms with Crippen LogP contribution in [-0.4, -0.2) is 76.1 Å². The van der Waals surface area contributed by atoms with E-state index in [4.69, 9.17) is 14.2 Å². The van der Waals surface area contributed by atoms with Crippen LogP contribution in [0.25, 0.3) is 0 Å². The Bertz CT molecular complexity index is 1590. The van der Waals surface area contributed by atoms with Crippen molar-refractivity contribution in [2.75, 3.05) is 7.11 Å². The molecular weight excluding hydrogens is 676 g/mol. The molecule has 4 aliphatic rings. The van der Waals surface area contributed by atoms with Crippen LogP contribution in [0.15, 0.2) is 46.1 Å². The minimum absolute atomic E-state index is 0.00736. The zero-order valence-electron chi connectivity index (χ0n) is 33.5. The standard InChI is InChI=1S/C43H62O10/c1-24(2)30-21-34(45)27(5)13-11-12-25(3)19-35(46)33-20-28(6)31-22-39(52-29(7)44)42(9,50)38-16-17-41(8,49)37(53-38)15-14-26(4)18-32(31)43(33,23-36(30)47)40(48)51-10/h13,18-19,24,30,32-33,37-39,49-50H,11-12,14-17,20-23H2,1-10H3/b25-19-,26-18+,27-13+/t30-,32+,33+,37-,38-,39+,41+,42-,43-/m0/s1. The number of allylic oxidation sites excluding steroid dienone is 7. The highest BCUT2D eigenvalue weighted by molar-refractivity contribution is 6.02. The molecule has 294 valence electrons. The highest BCUT2D eigenvalue weighted by Crippen LogP contribution is 2.56. The van der Waals surface area contributed by atoms with Gasteiger partial charge in [-0.15, -0.1) is 0 Å². The first-order valence-electron chi connectivity index (χ1n) is 19.3. The second-order valence-corrected chi connectivity index (χ2v) is 17.1. The smallest absolute Gasteiger partial charge is 0.313 e. The number of carbonyl (C=O) groups is 5. The molecule has 2 bridgehead atoms. The van der Waals surface area contributed by atoms with E-state index in [1.54, 1.807) is 26.8 Å². The zero-order chi connectivity index (χ0) is 39.6. The molecule has 1 saturated heterocycles. The molecule has 0 spiro atoms. The van der Waals surface area contributed by atoms with E-state index in [9.17, 15) is 34.2 Å². The Morgan fingerprint density at radius 3 is 2.25 bits per heavy atom. The summed E-state index contributed by atoms with van der Waals surface area (Å²) in [5, 5.41) is 23.6. The van der Waals surface area contributed by atoms with Crippen molar-refractivity contribution in [2.24, 2.45) is 29.1 Å². The molecule has 2 aliphatic heterocycles. The summed E-state index contributed by atoms with van der Waals surface area (Å²) < 4.78 is 17.9. The van der Waals surface area contributed by atoms with Gasteiger partial charge in [0.1, 0.15) is 17.5 Å². The number of hydrogen-bond acceptors (Lipinski definition) is 10. The molecule has 9 atom stereocenters. The van der Waals surface area contributed by atoms with E-state index in [2.05, 4.69) is 0 Å². The Morgan fingerprint density at radius 2 is 1.62 bits per heavy atom. The lowest BCUT2D eigenvalue weighted by atomic mass is 9.53. The van der Waals surface area contributed by atoms with E-state index in [0.29, 0.717) is 49.7 Å². The lowest BCUT2D eigenvalue weighted by Crippen LogP contribution is -2.59. The van der Waals surface area contributed by atoms with Crippen molar-refractivity contribution < 1.29 is 48.4 Å². The van der Waals surface area contributed by atoms with Crippen molar-refractivity contribution in [2.45, 2.75) is 156 Å². The fraction of sp³-hybridized carbons (Fsp3) is 0.698. The number of hydrogen-bond donors (Lipinski definition) is 2. The quantitative estimate of drug-likeness (QED) is 0.238. The average Bonchev–Trinajstić information content (AvgIpc) is 3.06. The molecule has 0 aromatic carbocycles. The molecule has 2 N–H and O–H groups in total. The molecule has 0 aromatic rings. The Labute approximate surface area is 315 Å². The zero-order valence-corrected chi connectivity index (χ0v) is 33.5. The predicted molar refractivity (Wildman–Crippen MR) is 200 cm³/mol. The van der Waals surface area contributed by atoms with Crippen molar-refractivity contribution >= 4 is 29.3 Å². The molecule has 2 aliphatic carbocycles. The van der Waals surface area contributed by atoms with Crippen LogP contribution in [0.1, 0.15) is 127 Å². The molecule has 53 heavy (non-hydrogen) atoms. The number of fused-ring (bicyclic) bond motifs is 5. The normalized spacial score (nSPS) is 39.7. The Hall–Kier alpha value is -3.21. The molecule has 4 rings (SSSR count). The molecule has 10 nitrogen and oxygen atoms in total. The van der Waals surface area contributed by atoms with Gasteiger partial charge in [-0.25, -0.2) is 0 Å². The lowest BCUT2D eigenvalue weighted by Gasteiger charge is -2.50. The maximum Gasteiger partial charge on any atom is 0.313 e. The van der Waals surface area contributed by atoms with Gasteiger partial charge >= 0.3 is 11.9 Å². The maximum absolute atomic E-state index is 14.8. The molecule has 0 radical (unpaired) electrons. The van der Waals surface area contributed by atoms with E-state index < -0.39 is 64.6 Å². The van der Waals surface area contributed by atoms with Gasteiger partial charge in [-0.1, -0.05) is 48.3 Å². The Balaban J connectivity index is 2.05. The van der Waals surface area contributed by atoms with Crippen LogP contribution in [0.5, 0.6) is 0 Å². The summed E-state index contributed by atoms with van der Waals surface area (Å²) in [6.07, 6.45) is 5.18. The number of methoxy groups -OCH3 is 1. The van der Waals surface area contributed by atoms with Gasteiger partial charge in [-0.3, -0.25) is 24.0 Å². The van der Waals surface area contributed by atoms with E-state index in [1.165, 1.54) is 14.0 Å². The first kappa shape index (κ1) is 42.5. The van der Waals surface area contributed by atoms with Crippen molar-refractivity contribution in [3.63, 3.8) is 0 Å². The maximum atomic E-state index is 14.8. The third kappa shape index (κ3) is 9.03. The average molecular weight is 739 g/mol. The SMILES string of the molecule is COC(=O)[C@]12CC(=O)[C@H](C(C)C)CC(=O)/C(C)=C/CC/C(C)=C\C(=O)[C@H]1CC(C)=C1C[C@@H](OC(C)=O)[C@@](C)(O)[C@@H]3CC[C@@](C)(O)[C@H](CC/C(C)=C/[C@H]12)O3. The van der Waals surface area contributed by atoms with Crippen molar-refractivity contribution in [1.29, 1.82) is 0 Å². The summed E-state index contributed by atoms with van der Waals surface area (Å²) in [6, 6.07) is 0. The number of carbonyl (C=O) groups excluding carboxylic acids is 5. The van der Waals surface area contributed by atoms with E-state index in [-0.39, 0.29) is 49.0 Å². The Kier molecular flexibility index (Phi) is 13.4. The third-order valence-electron chi connectivity index (χ3n) is 12.6. The summed E-state index contributed by atoms with van der Waals surface area (Å²) in [5.41, 5.74) is -0.945. The number of rotatable bonds is 3. The molecule has 10 heteroatoms. The topological polar surface area (TPSA) is 154 Å². The monoisotopic (exact) mass is 738 g/mol. The number of Topliss-reactive ketones (excluding diaryl/α,β-unsaturated/α-hetero) is 2. The summed E-state index contributed by atoms with van der Waals surface area (Å²) in [7, 11) is 1.26. The molecule has 0 saturated carbocycles. The van der Waals surface area contributed by atoms with Crippen LogP contribution < -0.4 is 0 Å². The van der Waals surface area contributed by atoms with Gasteiger partial charge in [-0.05, 0) is 104 Å². The number of ketones is 3. The minimum atomic E-state index is -1.73. The molecule has 0 amide bonds. The molecule has 0 aromatic heterocycles. The van der Waals surface area contributed by atoms with Crippen LogP contribution in [0.2, 0.25) is 0 Å². The lowest BCUT2D eigenvalue weighted by molar-refractivity contribution is -0.239. The summed E-state index contributed by atoms with van der Waals surface area (Å²) in [4.78, 5) is 70.3. The highest BCUT2D eigenvalue weighted by atomic mass is 16.6. The van der Waals surface area contributed by atoms with Crippen LogP contribution >= 0.6 is 0 Å². The Morgan fingerprint density at radius 1 is 0.943 bits per heavy atom. The molecule has 0 unspecified atom stereocenters. The highest BCUT2D eigenvalue weighted by Gasteiger charge is 2.60. The van der Waals surface area contributed by atoms with Gasteiger partial charge in [0.05, 0.1) is 30.3 Å². The van der Waals surface area contributed by atoms with Crippen LogP contribution in [0.3, 0.4) is 0 Å². The van der Waals surface area contributed by atoms with Gasteiger partial charge in [0.15, 0.2) is 11.6 Å². The van der Waals surface area contributed by atoms with Crippen LogP contribution in [0.4, 0.5) is 0 Å². The minimum Gasteiger partial charge on any atom is -0.469 e. The van der Waals surface area contributed by atoms with Crippen LogP contribution in [0, 0.1) is 29.1 Å². The summed E-state index contributed by atoms with van der Waals surface area (Å²) >= 11 is 0. The number of esters is 2. The first-order valence-corrected chi connectivity index (χ1v) is 19.3. The summed E-state index contributed by atoms with van der Waals surface area (Å²) in [5.74, 6) is -4.86.